The molecule has 2 rings (SSSR count). The predicted octanol–water partition coefficient (Wildman–Crippen LogP) is 0.469. The highest BCUT2D eigenvalue weighted by Crippen LogP contribution is 2.16. The Kier molecular flexibility index (Phi) is 3.33. The van der Waals surface area contributed by atoms with Gasteiger partial charge in [0.15, 0.2) is 5.82 Å². The maximum Gasteiger partial charge on any atom is 0.377 e. The molecule has 0 aliphatic heterocycles. The van der Waals surface area contributed by atoms with E-state index < -0.39 is 5.97 Å². The van der Waals surface area contributed by atoms with Gasteiger partial charge in [-0.1, -0.05) is 6.07 Å². The molecule has 0 aliphatic carbocycles. The highest BCUT2D eigenvalue weighted by molar-refractivity contribution is 5.84. The van der Waals surface area contributed by atoms with Gasteiger partial charge in [0, 0.05) is 17.8 Å². The molecule has 7 nitrogen and oxygen atoms in total. The van der Waals surface area contributed by atoms with Crippen LogP contribution >= 0.6 is 0 Å². The lowest BCUT2D eigenvalue weighted by molar-refractivity contribution is 0.0587. The van der Waals surface area contributed by atoms with E-state index in [1.54, 1.807) is 12.3 Å². The number of nitrogens with zero attached hydrogens (tertiary/aromatic N) is 4. The quantitative estimate of drug-likeness (QED) is 0.792. The van der Waals surface area contributed by atoms with Gasteiger partial charge >= 0.3 is 5.97 Å². The Bertz CT molecular complexity index is 564. The second kappa shape index (κ2) is 4.92. The Morgan fingerprint density at radius 1 is 1.50 bits per heavy atom. The van der Waals surface area contributed by atoms with Crippen LogP contribution in [0.4, 0.5) is 0 Å². The summed E-state index contributed by atoms with van der Waals surface area (Å²) in [5, 5.41) is 4.01. The molecule has 2 aromatic heterocycles. The molecule has 94 valence electrons. The SMILES string of the molecule is COC(=O)c1ncn(-c2ncccc2[C@@H](C)N)n1. The number of hydrogen-bond donors (Lipinski definition) is 1. The maximum atomic E-state index is 11.3. The zero-order chi connectivity index (χ0) is 13.1. The van der Waals surface area contributed by atoms with Gasteiger partial charge in [0.05, 0.1) is 7.11 Å². The first kappa shape index (κ1) is 12.2. The molecule has 0 unspecified atom stereocenters. The number of aromatic nitrogens is 4. The minimum atomic E-state index is -0.591. The largest absolute Gasteiger partial charge is 0.463 e. The lowest BCUT2D eigenvalue weighted by atomic mass is 10.1. The third-order valence-electron chi connectivity index (χ3n) is 2.38. The summed E-state index contributed by atoms with van der Waals surface area (Å²) in [6.45, 7) is 1.85. The second-order valence-corrected chi connectivity index (χ2v) is 3.71. The van der Waals surface area contributed by atoms with Gasteiger partial charge in [-0.3, -0.25) is 0 Å². The molecule has 0 aromatic carbocycles. The zero-order valence-corrected chi connectivity index (χ0v) is 10.1. The number of ether oxygens (including phenoxy) is 1. The fraction of sp³-hybridized carbons (Fsp3) is 0.273. The minimum Gasteiger partial charge on any atom is -0.463 e. The van der Waals surface area contributed by atoms with Crippen molar-refractivity contribution in [2.75, 3.05) is 7.11 Å². The van der Waals surface area contributed by atoms with Crippen molar-refractivity contribution >= 4 is 5.97 Å². The summed E-state index contributed by atoms with van der Waals surface area (Å²) in [5.41, 5.74) is 6.67. The van der Waals surface area contributed by atoms with Crippen molar-refractivity contribution in [3.8, 4) is 5.82 Å². The van der Waals surface area contributed by atoms with E-state index in [1.807, 2.05) is 13.0 Å². The number of carbonyl (C=O) groups is 1. The molecular weight excluding hydrogens is 234 g/mol. The minimum absolute atomic E-state index is 0.0150. The first-order chi connectivity index (χ1) is 8.63. The number of hydrogen-bond acceptors (Lipinski definition) is 6. The lowest BCUT2D eigenvalue weighted by Crippen LogP contribution is -2.12. The number of pyridine rings is 1. The number of nitrogens with two attached hydrogens (primary N) is 1. The van der Waals surface area contributed by atoms with Crippen LogP contribution in [0.3, 0.4) is 0 Å². The van der Waals surface area contributed by atoms with Crippen LogP contribution in [0.15, 0.2) is 24.7 Å². The second-order valence-electron chi connectivity index (χ2n) is 3.71. The predicted molar refractivity (Wildman–Crippen MR) is 63.1 cm³/mol. The van der Waals surface area contributed by atoms with E-state index >= 15 is 0 Å². The Hall–Kier alpha value is -2.28. The molecule has 0 amide bonds. The Balaban J connectivity index is 2.43. The molecule has 0 radical (unpaired) electrons. The van der Waals surface area contributed by atoms with Crippen molar-refractivity contribution in [1.29, 1.82) is 0 Å². The van der Waals surface area contributed by atoms with E-state index in [9.17, 15) is 4.79 Å². The molecule has 2 N–H and O–H groups in total. The highest BCUT2D eigenvalue weighted by Gasteiger charge is 2.15. The van der Waals surface area contributed by atoms with E-state index in [0.29, 0.717) is 5.82 Å². The van der Waals surface area contributed by atoms with Crippen molar-refractivity contribution in [2.24, 2.45) is 5.73 Å². The van der Waals surface area contributed by atoms with E-state index in [4.69, 9.17) is 5.73 Å². The van der Waals surface area contributed by atoms with E-state index in [1.165, 1.54) is 18.1 Å². The fourth-order valence-electron chi connectivity index (χ4n) is 1.51. The summed E-state index contributed by atoms with van der Waals surface area (Å²) in [5.74, 6) is -0.0547. The van der Waals surface area contributed by atoms with E-state index in [-0.39, 0.29) is 11.9 Å². The topological polar surface area (TPSA) is 95.9 Å². The van der Waals surface area contributed by atoms with Gasteiger partial charge in [-0.15, -0.1) is 5.10 Å². The van der Waals surface area contributed by atoms with Crippen LogP contribution < -0.4 is 5.73 Å². The van der Waals surface area contributed by atoms with E-state index in [2.05, 4.69) is 19.8 Å². The van der Waals surface area contributed by atoms with Crippen molar-refractivity contribution < 1.29 is 9.53 Å². The molecule has 7 heteroatoms. The van der Waals surface area contributed by atoms with Crippen LogP contribution in [0.25, 0.3) is 5.82 Å². The van der Waals surface area contributed by atoms with Crippen molar-refractivity contribution in [1.82, 2.24) is 19.7 Å². The van der Waals surface area contributed by atoms with Crippen molar-refractivity contribution in [3.05, 3.63) is 36.0 Å². The Morgan fingerprint density at radius 3 is 2.94 bits per heavy atom. The van der Waals surface area contributed by atoms with Gasteiger partial charge in [0.2, 0.25) is 0 Å². The number of carbonyl (C=O) groups excluding carboxylic acids is 1. The van der Waals surface area contributed by atoms with Gasteiger partial charge < -0.3 is 10.5 Å². The standard InChI is InChI=1S/C11H13N5O2/c1-7(12)8-4-3-5-13-10(8)16-6-14-9(15-16)11(17)18-2/h3-7H,12H2,1-2H3/t7-/m1/s1. The van der Waals surface area contributed by atoms with Gasteiger partial charge in [-0.25, -0.2) is 19.4 Å². The molecule has 0 saturated carbocycles. The summed E-state index contributed by atoms with van der Waals surface area (Å²) in [4.78, 5) is 19.3. The summed E-state index contributed by atoms with van der Waals surface area (Å²) in [6, 6.07) is 3.45. The molecule has 0 fully saturated rings. The Morgan fingerprint density at radius 2 is 2.28 bits per heavy atom. The average molecular weight is 247 g/mol. The molecule has 2 aromatic rings. The average Bonchev–Trinajstić information content (AvgIpc) is 2.87. The molecule has 1 atom stereocenters. The van der Waals surface area contributed by atoms with Crippen LogP contribution in [-0.4, -0.2) is 32.8 Å². The molecule has 0 saturated heterocycles. The first-order valence-corrected chi connectivity index (χ1v) is 5.34. The molecule has 18 heavy (non-hydrogen) atoms. The zero-order valence-electron chi connectivity index (χ0n) is 10.1. The van der Waals surface area contributed by atoms with Gasteiger partial charge in [0.25, 0.3) is 5.82 Å². The van der Waals surface area contributed by atoms with Crippen LogP contribution in [-0.2, 0) is 4.74 Å². The summed E-state index contributed by atoms with van der Waals surface area (Å²) < 4.78 is 5.95. The number of rotatable bonds is 3. The summed E-state index contributed by atoms with van der Waals surface area (Å²) >= 11 is 0. The van der Waals surface area contributed by atoms with Crippen LogP contribution in [0.1, 0.15) is 29.1 Å². The Labute approximate surface area is 104 Å². The van der Waals surface area contributed by atoms with Crippen LogP contribution in [0.2, 0.25) is 0 Å². The van der Waals surface area contributed by atoms with Crippen molar-refractivity contribution in [3.63, 3.8) is 0 Å². The summed E-state index contributed by atoms with van der Waals surface area (Å²) in [7, 11) is 1.27. The molecule has 2 heterocycles. The monoisotopic (exact) mass is 247 g/mol. The molecular formula is C11H13N5O2. The normalized spacial score (nSPS) is 12.2. The molecule has 0 spiro atoms. The third-order valence-corrected chi connectivity index (χ3v) is 2.38. The number of methoxy groups -OCH3 is 1. The van der Waals surface area contributed by atoms with Crippen LogP contribution in [0.5, 0.6) is 0 Å². The lowest BCUT2D eigenvalue weighted by Gasteiger charge is -2.10. The maximum absolute atomic E-state index is 11.3. The fourth-order valence-corrected chi connectivity index (χ4v) is 1.51. The summed E-state index contributed by atoms with van der Waals surface area (Å²) in [6.07, 6.45) is 3.03. The van der Waals surface area contributed by atoms with Gasteiger partial charge in [-0.2, -0.15) is 0 Å². The van der Waals surface area contributed by atoms with Crippen LogP contribution in [0, 0.1) is 0 Å². The highest BCUT2D eigenvalue weighted by atomic mass is 16.5. The van der Waals surface area contributed by atoms with Gasteiger partial charge in [0.1, 0.15) is 6.33 Å². The third kappa shape index (κ3) is 2.21. The van der Waals surface area contributed by atoms with Crippen molar-refractivity contribution in [2.45, 2.75) is 13.0 Å². The smallest absolute Gasteiger partial charge is 0.377 e. The molecule has 0 aliphatic rings. The van der Waals surface area contributed by atoms with E-state index in [0.717, 1.165) is 5.56 Å². The first-order valence-electron chi connectivity index (χ1n) is 5.34. The van der Waals surface area contributed by atoms with Gasteiger partial charge in [-0.05, 0) is 13.0 Å². The number of esters is 1. The molecule has 0 bridgehead atoms.